The predicted molar refractivity (Wildman–Crippen MR) is 106 cm³/mol. The number of aromatic amines is 1. The number of carbonyl (C=O) groups excluding carboxylic acids is 1. The van der Waals surface area contributed by atoms with Crippen LogP contribution in [0.4, 0.5) is 5.95 Å². The summed E-state index contributed by atoms with van der Waals surface area (Å²) in [6, 6.07) is 16.2. The highest BCUT2D eigenvalue weighted by atomic mass is 16.1. The van der Waals surface area contributed by atoms with Gasteiger partial charge < -0.3 is 10.3 Å². The van der Waals surface area contributed by atoms with Crippen LogP contribution in [0.15, 0.2) is 66.0 Å². The van der Waals surface area contributed by atoms with E-state index < -0.39 is 0 Å². The number of para-hydroxylation sites is 3. The van der Waals surface area contributed by atoms with E-state index in [4.69, 9.17) is 4.98 Å². The highest BCUT2D eigenvalue weighted by Crippen LogP contribution is 2.44. The number of imidazole rings is 1. The zero-order valence-electron chi connectivity index (χ0n) is 14.7. The lowest BCUT2D eigenvalue weighted by atomic mass is 9.85. The largest absolute Gasteiger partial charge is 0.361 e. The number of carbonyl (C=O) groups is 1. The number of aromatic nitrogens is 3. The van der Waals surface area contributed by atoms with Crippen molar-refractivity contribution in [1.29, 1.82) is 0 Å². The van der Waals surface area contributed by atoms with Gasteiger partial charge in [-0.3, -0.25) is 9.36 Å². The van der Waals surface area contributed by atoms with Crippen molar-refractivity contribution in [1.82, 2.24) is 14.5 Å². The number of nitrogens with one attached hydrogen (secondary N) is 2. The fourth-order valence-corrected chi connectivity index (χ4v) is 4.58. The summed E-state index contributed by atoms with van der Waals surface area (Å²) in [4.78, 5) is 21.2. The van der Waals surface area contributed by atoms with Crippen LogP contribution in [-0.4, -0.2) is 20.3 Å². The van der Waals surface area contributed by atoms with E-state index in [1.807, 2.05) is 36.5 Å². The van der Waals surface area contributed by atoms with E-state index in [2.05, 4.69) is 33.1 Å². The molecule has 2 N–H and O–H groups in total. The molecule has 0 fully saturated rings. The summed E-state index contributed by atoms with van der Waals surface area (Å²) in [5, 5.41) is 4.61. The molecule has 132 valence electrons. The Morgan fingerprint density at radius 2 is 1.89 bits per heavy atom. The Morgan fingerprint density at radius 1 is 1.04 bits per heavy atom. The number of allylic oxidation sites excluding steroid dienone is 2. The van der Waals surface area contributed by atoms with Gasteiger partial charge in [0.15, 0.2) is 5.78 Å². The standard InChI is InChI=1S/C22H18N4O/c27-19-11-5-9-17-20(19)21(14-12-23-15-7-2-1-6-13(14)15)26-18-10-4-3-8-16(18)24-22(26)25-17/h1-4,6-8,10,12,21,23H,5,9,11H2,(H,24,25). The Hall–Kier alpha value is -3.34. The number of hydrogen-bond acceptors (Lipinski definition) is 3. The first-order chi connectivity index (χ1) is 13.3. The van der Waals surface area contributed by atoms with Crippen molar-refractivity contribution in [2.45, 2.75) is 25.3 Å². The van der Waals surface area contributed by atoms with E-state index in [-0.39, 0.29) is 11.8 Å². The minimum absolute atomic E-state index is 0.160. The Bertz CT molecular complexity index is 1260. The van der Waals surface area contributed by atoms with Crippen LogP contribution in [0.25, 0.3) is 21.9 Å². The molecule has 1 atom stereocenters. The van der Waals surface area contributed by atoms with Crippen molar-refractivity contribution in [3.8, 4) is 0 Å². The van der Waals surface area contributed by atoms with Gasteiger partial charge in [-0.2, -0.15) is 0 Å². The zero-order valence-corrected chi connectivity index (χ0v) is 14.7. The molecule has 2 aliphatic rings. The van der Waals surface area contributed by atoms with Crippen molar-refractivity contribution in [3.63, 3.8) is 0 Å². The first kappa shape index (κ1) is 14.8. The van der Waals surface area contributed by atoms with Crippen LogP contribution in [0.2, 0.25) is 0 Å². The maximum absolute atomic E-state index is 13.0. The molecule has 6 rings (SSSR count). The first-order valence-electron chi connectivity index (χ1n) is 9.37. The Morgan fingerprint density at radius 3 is 2.85 bits per heavy atom. The van der Waals surface area contributed by atoms with Crippen LogP contribution in [0.5, 0.6) is 0 Å². The van der Waals surface area contributed by atoms with Crippen LogP contribution in [0, 0.1) is 0 Å². The van der Waals surface area contributed by atoms with E-state index in [0.717, 1.165) is 57.6 Å². The van der Waals surface area contributed by atoms with Crippen molar-refractivity contribution >= 4 is 33.7 Å². The van der Waals surface area contributed by atoms with Gasteiger partial charge in [0.25, 0.3) is 0 Å². The Kier molecular flexibility index (Phi) is 2.92. The molecule has 5 nitrogen and oxygen atoms in total. The third-order valence-electron chi connectivity index (χ3n) is 5.76. The average Bonchev–Trinajstić information content (AvgIpc) is 3.28. The third kappa shape index (κ3) is 1.99. The topological polar surface area (TPSA) is 62.7 Å². The minimum Gasteiger partial charge on any atom is -0.361 e. The summed E-state index contributed by atoms with van der Waals surface area (Å²) in [5.74, 6) is 1.06. The summed E-state index contributed by atoms with van der Waals surface area (Å²) in [5.41, 5.74) is 6.12. The van der Waals surface area contributed by atoms with Gasteiger partial charge in [0.1, 0.15) is 0 Å². The van der Waals surface area contributed by atoms with E-state index in [0.29, 0.717) is 6.42 Å². The minimum atomic E-state index is -0.160. The number of rotatable bonds is 1. The number of H-pyrrole nitrogens is 1. The molecule has 2 aromatic carbocycles. The molecular weight excluding hydrogens is 336 g/mol. The number of fused-ring (bicyclic) bond motifs is 4. The monoisotopic (exact) mass is 354 g/mol. The van der Waals surface area contributed by atoms with E-state index in [1.165, 1.54) is 0 Å². The van der Waals surface area contributed by atoms with Crippen molar-refractivity contribution < 1.29 is 4.79 Å². The third-order valence-corrected chi connectivity index (χ3v) is 5.76. The Labute approximate surface area is 155 Å². The SMILES string of the molecule is O=C1CCCC2=C1C(c1c[nH]c3ccccc13)n1c(nc3ccccc31)N2. The van der Waals surface area contributed by atoms with Crippen LogP contribution in [0.3, 0.4) is 0 Å². The normalized spacial score (nSPS) is 19.3. The molecule has 0 bridgehead atoms. The maximum Gasteiger partial charge on any atom is 0.209 e. The van der Waals surface area contributed by atoms with Gasteiger partial charge in [-0.15, -0.1) is 0 Å². The van der Waals surface area contributed by atoms with Gasteiger partial charge in [-0.25, -0.2) is 4.98 Å². The molecule has 0 saturated carbocycles. The second-order valence-corrected chi connectivity index (χ2v) is 7.28. The number of anilines is 1. The quantitative estimate of drug-likeness (QED) is 0.527. The summed E-state index contributed by atoms with van der Waals surface area (Å²) >= 11 is 0. The van der Waals surface area contributed by atoms with Crippen molar-refractivity contribution in [2.75, 3.05) is 5.32 Å². The lowest BCUT2D eigenvalue weighted by Crippen LogP contribution is -2.30. The maximum atomic E-state index is 13.0. The number of hydrogen-bond donors (Lipinski definition) is 2. The smallest absolute Gasteiger partial charge is 0.209 e. The van der Waals surface area contributed by atoms with Crippen molar-refractivity contribution in [3.05, 3.63) is 71.6 Å². The molecule has 2 aromatic heterocycles. The van der Waals surface area contributed by atoms with Gasteiger partial charge in [0.05, 0.1) is 17.1 Å². The second-order valence-electron chi connectivity index (χ2n) is 7.28. The summed E-state index contributed by atoms with van der Waals surface area (Å²) < 4.78 is 2.19. The average molecular weight is 354 g/mol. The molecule has 5 heteroatoms. The van der Waals surface area contributed by atoms with E-state index in [9.17, 15) is 4.79 Å². The fourth-order valence-electron chi connectivity index (χ4n) is 4.58. The van der Waals surface area contributed by atoms with E-state index in [1.54, 1.807) is 0 Å². The van der Waals surface area contributed by atoms with Gasteiger partial charge in [0.2, 0.25) is 5.95 Å². The van der Waals surface area contributed by atoms with Gasteiger partial charge in [-0.05, 0) is 31.0 Å². The molecule has 1 unspecified atom stereocenters. The van der Waals surface area contributed by atoms with Crippen molar-refractivity contribution in [2.24, 2.45) is 0 Å². The van der Waals surface area contributed by atoms with Crippen LogP contribution in [-0.2, 0) is 4.79 Å². The van der Waals surface area contributed by atoms with Gasteiger partial charge in [-0.1, -0.05) is 30.3 Å². The second kappa shape index (κ2) is 5.33. The predicted octanol–water partition coefficient (Wildman–Crippen LogP) is 4.54. The number of Topliss-reactive ketones (excluding diaryl/α,β-unsaturated/α-hetero) is 1. The molecule has 1 aliphatic heterocycles. The molecule has 0 amide bonds. The molecule has 0 saturated heterocycles. The molecule has 3 heterocycles. The lowest BCUT2D eigenvalue weighted by Gasteiger charge is -2.33. The van der Waals surface area contributed by atoms with Gasteiger partial charge in [0, 0.05) is 40.4 Å². The number of ketones is 1. The molecule has 4 aromatic rings. The summed E-state index contributed by atoms with van der Waals surface area (Å²) in [6.45, 7) is 0. The summed E-state index contributed by atoms with van der Waals surface area (Å²) in [7, 11) is 0. The molecule has 27 heavy (non-hydrogen) atoms. The van der Waals surface area contributed by atoms with Crippen LogP contribution >= 0.6 is 0 Å². The first-order valence-corrected chi connectivity index (χ1v) is 9.37. The summed E-state index contributed by atoms with van der Waals surface area (Å²) in [6.07, 6.45) is 4.45. The molecular formula is C22H18N4O. The molecule has 0 spiro atoms. The number of benzene rings is 2. The highest BCUT2D eigenvalue weighted by Gasteiger charge is 2.37. The van der Waals surface area contributed by atoms with E-state index >= 15 is 0 Å². The number of nitrogens with zero attached hydrogens (tertiary/aromatic N) is 2. The lowest BCUT2D eigenvalue weighted by molar-refractivity contribution is -0.116. The highest BCUT2D eigenvalue weighted by molar-refractivity contribution is 6.01. The van der Waals surface area contributed by atoms with Crippen LogP contribution in [0.1, 0.15) is 30.9 Å². The van der Waals surface area contributed by atoms with Crippen LogP contribution < -0.4 is 5.32 Å². The zero-order chi connectivity index (χ0) is 18.0. The Balaban J connectivity index is 1.70. The molecule has 0 radical (unpaired) electrons. The molecule has 1 aliphatic carbocycles. The fraction of sp³-hybridized carbons (Fsp3) is 0.182. The van der Waals surface area contributed by atoms with Gasteiger partial charge >= 0.3 is 0 Å².